The van der Waals surface area contributed by atoms with Crippen LogP contribution >= 0.6 is 0 Å². The standard InChI is InChI=1S/C17H20N4O3/c1-11-3-2-4-13(9-11)21-15(22)6-5-14(19-21)17(24)20-8-7-12(10-20)16(18)23/h2-4,9,12H,5-8,10H2,1H3,(H2,18,23). The van der Waals surface area contributed by atoms with E-state index in [1.54, 1.807) is 11.0 Å². The fraction of sp³-hybridized carbons (Fsp3) is 0.412. The van der Waals surface area contributed by atoms with Crippen LogP contribution in [0.4, 0.5) is 5.69 Å². The minimum atomic E-state index is -0.382. The first-order valence-corrected chi connectivity index (χ1v) is 8.01. The SMILES string of the molecule is Cc1cccc(N2N=C(C(=O)N3CCC(C(N)=O)C3)CCC2=O)c1. The summed E-state index contributed by atoms with van der Waals surface area (Å²) in [5, 5.41) is 5.58. The molecule has 7 heteroatoms. The number of carbonyl (C=O) groups excluding carboxylic acids is 3. The van der Waals surface area contributed by atoms with Crippen LogP contribution < -0.4 is 10.7 Å². The summed E-state index contributed by atoms with van der Waals surface area (Å²) in [7, 11) is 0. The molecule has 0 aliphatic carbocycles. The fourth-order valence-electron chi connectivity index (χ4n) is 3.03. The molecule has 0 spiro atoms. The molecule has 1 aromatic rings. The molecule has 1 saturated heterocycles. The summed E-state index contributed by atoms with van der Waals surface area (Å²) in [5.74, 6) is -1.03. The molecule has 0 bridgehead atoms. The number of primary amides is 1. The predicted molar refractivity (Wildman–Crippen MR) is 89.2 cm³/mol. The minimum absolute atomic E-state index is 0.131. The van der Waals surface area contributed by atoms with E-state index >= 15 is 0 Å². The summed E-state index contributed by atoms with van der Waals surface area (Å²) in [6.45, 7) is 2.75. The maximum absolute atomic E-state index is 12.6. The van der Waals surface area contributed by atoms with Crippen molar-refractivity contribution in [1.29, 1.82) is 0 Å². The highest BCUT2D eigenvalue weighted by Crippen LogP contribution is 2.23. The molecule has 0 aromatic heterocycles. The van der Waals surface area contributed by atoms with Crippen LogP contribution in [0.3, 0.4) is 0 Å². The molecular formula is C17H20N4O3. The molecule has 1 unspecified atom stereocenters. The second kappa shape index (κ2) is 6.43. The Kier molecular flexibility index (Phi) is 4.33. The lowest BCUT2D eigenvalue weighted by molar-refractivity contribution is -0.124. The lowest BCUT2D eigenvalue weighted by atomic mass is 10.1. The van der Waals surface area contributed by atoms with Crippen LogP contribution in [0.5, 0.6) is 0 Å². The third-order valence-electron chi connectivity index (χ3n) is 4.40. The monoisotopic (exact) mass is 328 g/mol. The number of hydrazone groups is 1. The van der Waals surface area contributed by atoms with E-state index in [9.17, 15) is 14.4 Å². The average molecular weight is 328 g/mol. The number of anilines is 1. The number of carbonyl (C=O) groups is 3. The average Bonchev–Trinajstić information content (AvgIpc) is 3.05. The molecule has 2 aliphatic rings. The van der Waals surface area contributed by atoms with Gasteiger partial charge in [0.2, 0.25) is 11.8 Å². The van der Waals surface area contributed by atoms with Crippen molar-refractivity contribution in [2.45, 2.75) is 26.2 Å². The van der Waals surface area contributed by atoms with Crippen molar-refractivity contribution in [3.63, 3.8) is 0 Å². The van der Waals surface area contributed by atoms with E-state index in [4.69, 9.17) is 5.73 Å². The molecule has 2 N–H and O–H groups in total. The Morgan fingerprint density at radius 2 is 2.08 bits per heavy atom. The van der Waals surface area contributed by atoms with Gasteiger partial charge in [-0.05, 0) is 31.0 Å². The zero-order valence-corrected chi connectivity index (χ0v) is 13.6. The normalized spacial score (nSPS) is 21.0. The van der Waals surface area contributed by atoms with Crippen molar-refractivity contribution < 1.29 is 14.4 Å². The fourth-order valence-corrected chi connectivity index (χ4v) is 3.03. The Hall–Kier alpha value is -2.70. The van der Waals surface area contributed by atoms with Crippen LogP contribution in [-0.2, 0) is 14.4 Å². The van der Waals surface area contributed by atoms with Gasteiger partial charge in [-0.3, -0.25) is 14.4 Å². The van der Waals surface area contributed by atoms with Crippen LogP contribution in [-0.4, -0.2) is 41.4 Å². The van der Waals surface area contributed by atoms with Gasteiger partial charge in [0.15, 0.2) is 0 Å². The van der Waals surface area contributed by atoms with Gasteiger partial charge in [-0.25, -0.2) is 5.01 Å². The molecule has 7 nitrogen and oxygen atoms in total. The van der Waals surface area contributed by atoms with Gasteiger partial charge in [-0.1, -0.05) is 12.1 Å². The van der Waals surface area contributed by atoms with E-state index < -0.39 is 0 Å². The topological polar surface area (TPSA) is 96.1 Å². The Balaban J connectivity index is 1.80. The third-order valence-corrected chi connectivity index (χ3v) is 4.40. The first-order valence-electron chi connectivity index (χ1n) is 8.01. The zero-order valence-electron chi connectivity index (χ0n) is 13.6. The van der Waals surface area contributed by atoms with E-state index in [0.717, 1.165) is 5.56 Å². The lowest BCUT2D eigenvalue weighted by Gasteiger charge is -2.25. The van der Waals surface area contributed by atoms with E-state index in [-0.39, 0.29) is 30.1 Å². The zero-order chi connectivity index (χ0) is 17.3. The van der Waals surface area contributed by atoms with Crippen LogP contribution in [0, 0.1) is 12.8 Å². The van der Waals surface area contributed by atoms with Gasteiger partial charge >= 0.3 is 0 Å². The third kappa shape index (κ3) is 3.15. The van der Waals surface area contributed by atoms with Crippen LogP contribution in [0.25, 0.3) is 0 Å². The van der Waals surface area contributed by atoms with Gasteiger partial charge in [-0.2, -0.15) is 5.10 Å². The highest BCUT2D eigenvalue weighted by atomic mass is 16.2. The highest BCUT2D eigenvalue weighted by Gasteiger charge is 2.34. The predicted octanol–water partition coefficient (Wildman–Crippen LogP) is 0.812. The van der Waals surface area contributed by atoms with Gasteiger partial charge in [-0.15, -0.1) is 0 Å². The number of benzene rings is 1. The first kappa shape index (κ1) is 16.2. The summed E-state index contributed by atoms with van der Waals surface area (Å²) in [5.41, 5.74) is 7.32. The van der Waals surface area contributed by atoms with Crippen molar-refractivity contribution in [2.75, 3.05) is 18.1 Å². The number of nitrogens with zero attached hydrogens (tertiary/aromatic N) is 3. The highest BCUT2D eigenvalue weighted by molar-refractivity contribution is 6.40. The summed E-state index contributed by atoms with van der Waals surface area (Å²) in [6, 6.07) is 7.43. The number of nitrogens with two attached hydrogens (primary N) is 1. The Morgan fingerprint density at radius 3 is 2.75 bits per heavy atom. The van der Waals surface area contributed by atoms with Crippen LogP contribution in [0.15, 0.2) is 29.4 Å². The van der Waals surface area contributed by atoms with Crippen LogP contribution in [0.2, 0.25) is 0 Å². The minimum Gasteiger partial charge on any atom is -0.369 e. The summed E-state index contributed by atoms with van der Waals surface area (Å²) in [6.07, 6.45) is 1.14. The molecule has 0 radical (unpaired) electrons. The van der Waals surface area contributed by atoms with Crippen molar-refractivity contribution in [2.24, 2.45) is 16.8 Å². The number of hydrogen-bond acceptors (Lipinski definition) is 4. The first-order chi connectivity index (χ1) is 11.5. The second-order valence-electron chi connectivity index (χ2n) is 6.23. The molecular weight excluding hydrogens is 308 g/mol. The Morgan fingerprint density at radius 1 is 1.29 bits per heavy atom. The van der Waals surface area contributed by atoms with E-state index in [0.29, 0.717) is 37.3 Å². The maximum Gasteiger partial charge on any atom is 0.270 e. The molecule has 3 rings (SSSR count). The van der Waals surface area contributed by atoms with Crippen LogP contribution in [0.1, 0.15) is 24.8 Å². The molecule has 2 heterocycles. The number of amides is 3. The van der Waals surface area contributed by atoms with Crippen molar-refractivity contribution >= 4 is 29.1 Å². The molecule has 126 valence electrons. The van der Waals surface area contributed by atoms with Gasteiger partial charge in [0.1, 0.15) is 5.71 Å². The summed E-state index contributed by atoms with van der Waals surface area (Å²) >= 11 is 0. The molecule has 0 saturated carbocycles. The summed E-state index contributed by atoms with van der Waals surface area (Å²) < 4.78 is 0. The van der Waals surface area contributed by atoms with E-state index in [1.807, 2.05) is 25.1 Å². The molecule has 1 aromatic carbocycles. The number of aryl methyl sites for hydroxylation is 1. The number of rotatable bonds is 3. The van der Waals surface area contributed by atoms with Crippen molar-refractivity contribution in [1.82, 2.24) is 4.90 Å². The Bertz CT molecular complexity index is 728. The number of likely N-dealkylation sites (tertiary alicyclic amines) is 1. The molecule has 3 amide bonds. The van der Waals surface area contributed by atoms with E-state index in [2.05, 4.69) is 5.10 Å². The number of hydrogen-bond donors (Lipinski definition) is 1. The lowest BCUT2D eigenvalue weighted by Crippen LogP contribution is -2.41. The van der Waals surface area contributed by atoms with Gasteiger partial charge in [0, 0.05) is 25.9 Å². The largest absolute Gasteiger partial charge is 0.369 e. The Labute approximate surface area is 140 Å². The summed E-state index contributed by atoms with van der Waals surface area (Å²) in [4.78, 5) is 37.6. The van der Waals surface area contributed by atoms with Crippen molar-refractivity contribution in [3.05, 3.63) is 29.8 Å². The van der Waals surface area contributed by atoms with Gasteiger partial charge in [0.05, 0.1) is 11.6 Å². The maximum atomic E-state index is 12.6. The van der Waals surface area contributed by atoms with Gasteiger partial charge in [0.25, 0.3) is 5.91 Å². The molecule has 2 aliphatic heterocycles. The quantitative estimate of drug-likeness (QED) is 0.889. The molecule has 1 fully saturated rings. The van der Waals surface area contributed by atoms with Gasteiger partial charge < -0.3 is 10.6 Å². The molecule has 1 atom stereocenters. The molecule has 24 heavy (non-hydrogen) atoms. The van der Waals surface area contributed by atoms with Crippen molar-refractivity contribution in [3.8, 4) is 0 Å². The smallest absolute Gasteiger partial charge is 0.270 e. The van der Waals surface area contributed by atoms with E-state index in [1.165, 1.54) is 5.01 Å². The second-order valence-corrected chi connectivity index (χ2v) is 6.23.